The van der Waals surface area contributed by atoms with Crippen LogP contribution in [0.15, 0.2) is 59.0 Å². The van der Waals surface area contributed by atoms with Crippen molar-refractivity contribution in [1.82, 2.24) is 0 Å². The third kappa shape index (κ3) is 6.05. The number of ether oxygens (including phenoxy) is 1. The lowest BCUT2D eigenvalue weighted by Gasteiger charge is -2.37. The summed E-state index contributed by atoms with van der Waals surface area (Å²) in [6.07, 6.45) is -15.8. The van der Waals surface area contributed by atoms with Gasteiger partial charge in [-0.2, -0.15) is 22.0 Å². The normalized spacial score (nSPS) is 31.1. The molecule has 1 fully saturated rings. The SMILES string of the molecule is CC1=CCC(c2cc(F)c(C3C=C(F)C(C(F)(F)OC4CC(F)=C(C(F)(F)F)C(F)C4)C(F)C3)c(C3CC3)c2)C(F)=C1. The topological polar surface area (TPSA) is 9.23 Å². The van der Waals surface area contributed by atoms with Gasteiger partial charge in [0, 0.05) is 24.7 Å². The van der Waals surface area contributed by atoms with Crippen molar-refractivity contribution < 1.29 is 53.0 Å². The lowest BCUT2D eigenvalue weighted by Crippen LogP contribution is -2.44. The summed E-state index contributed by atoms with van der Waals surface area (Å²) < 4.78 is 162. The van der Waals surface area contributed by atoms with E-state index in [4.69, 9.17) is 0 Å². The Bertz CT molecular complexity index is 1350. The van der Waals surface area contributed by atoms with Gasteiger partial charge in [-0.25, -0.2) is 26.3 Å². The molecule has 1 aromatic rings. The summed E-state index contributed by atoms with van der Waals surface area (Å²) in [6, 6.07) is 2.68. The van der Waals surface area contributed by atoms with Crippen molar-refractivity contribution in [3.63, 3.8) is 0 Å². The number of hydrogen-bond acceptors (Lipinski definition) is 1. The molecule has 0 spiro atoms. The Morgan fingerprint density at radius 1 is 0.905 bits per heavy atom. The first-order valence-corrected chi connectivity index (χ1v) is 13.6. The highest BCUT2D eigenvalue weighted by atomic mass is 19.4. The summed E-state index contributed by atoms with van der Waals surface area (Å²) >= 11 is 0. The first-order valence-electron chi connectivity index (χ1n) is 13.6. The minimum Gasteiger partial charge on any atom is -0.316 e. The highest BCUT2D eigenvalue weighted by Crippen LogP contribution is 2.51. The number of benzene rings is 1. The lowest BCUT2D eigenvalue weighted by atomic mass is 9.78. The van der Waals surface area contributed by atoms with Crippen LogP contribution in [-0.2, 0) is 4.74 Å². The van der Waals surface area contributed by atoms with Crippen LogP contribution in [0.2, 0.25) is 0 Å². The van der Waals surface area contributed by atoms with E-state index in [1.54, 1.807) is 19.1 Å². The summed E-state index contributed by atoms with van der Waals surface area (Å²) in [4.78, 5) is 0. The third-order valence-electron chi connectivity index (χ3n) is 8.32. The van der Waals surface area contributed by atoms with Crippen LogP contribution in [-0.4, -0.2) is 30.7 Å². The zero-order valence-electron chi connectivity index (χ0n) is 22.2. The van der Waals surface area contributed by atoms with Crippen LogP contribution in [0.3, 0.4) is 0 Å². The zero-order valence-corrected chi connectivity index (χ0v) is 22.2. The zero-order chi connectivity index (χ0) is 30.7. The third-order valence-corrected chi connectivity index (χ3v) is 8.32. The largest absolute Gasteiger partial charge is 0.417 e. The fourth-order valence-corrected chi connectivity index (χ4v) is 6.19. The fraction of sp³-hybridized carbons (Fsp3) is 0.533. The van der Waals surface area contributed by atoms with E-state index in [1.807, 2.05) is 0 Å². The van der Waals surface area contributed by atoms with Gasteiger partial charge in [0.05, 0.1) is 11.7 Å². The highest BCUT2D eigenvalue weighted by molar-refractivity contribution is 5.46. The van der Waals surface area contributed by atoms with Crippen LogP contribution in [0.4, 0.5) is 48.3 Å². The molecule has 230 valence electrons. The van der Waals surface area contributed by atoms with Crippen molar-refractivity contribution in [2.24, 2.45) is 5.92 Å². The quantitative estimate of drug-likeness (QED) is 0.291. The van der Waals surface area contributed by atoms with Gasteiger partial charge in [0.25, 0.3) is 0 Å². The van der Waals surface area contributed by atoms with E-state index < -0.39 is 96.6 Å². The standard InChI is InChI=1S/C30H27F11O/c1-13-2-5-18(20(31)6-13)15-7-19(14-3-4-14)26(21(32)8-15)16-9-22(33)28(23(34)10-16)30(40,41)42-17-11-24(35)27(25(36)12-17)29(37,38)39/h2,6-9,14,16-18,23-24,28H,3-5,10-12H2,1H3. The molecule has 4 aliphatic rings. The van der Waals surface area contributed by atoms with Gasteiger partial charge in [0.15, 0.2) is 0 Å². The molecule has 0 N–H and O–H groups in total. The Balaban J connectivity index is 1.39. The van der Waals surface area contributed by atoms with Crippen molar-refractivity contribution in [2.45, 2.75) is 93.9 Å². The molecule has 0 radical (unpaired) electrons. The Kier molecular flexibility index (Phi) is 8.17. The maximum atomic E-state index is 15.6. The molecule has 5 rings (SSSR count). The smallest absolute Gasteiger partial charge is 0.316 e. The highest BCUT2D eigenvalue weighted by Gasteiger charge is 2.55. The number of halogens is 11. The molecule has 0 amide bonds. The molecule has 42 heavy (non-hydrogen) atoms. The molecule has 1 saturated carbocycles. The summed E-state index contributed by atoms with van der Waals surface area (Å²) in [5.74, 6) is -10.0. The maximum Gasteiger partial charge on any atom is 0.417 e. The number of hydrogen-bond donors (Lipinski definition) is 0. The second-order valence-electron chi connectivity index (χ2n) is 11.5. The molecule has 0 saturated heterocycles. The number of alkyl halides is 7. The second-order valence-corrected chi connectivity index (χ2v) is 11.5. The van der Waals surface area contributed by atoms with Gasteiger partial charge in [-0.15, -0.1) is 0 Å². The van der Waals surface area contributed by atoms with Crippen molar-refractivity contribution in [1.29, 1.82) is 0 Å². The van der Waals surface area contributed by atoms with E-state index in [-0.39, 0.29) is 11.5 Å². The van der Waals surface area contributed by atoms with Gasteiger partial charge in [-0.1, -0.05) is 17.7 Å². The Morgan fingerprint density at radius 3 is 2.17 bits per heavy atom. The van der Waals surface area contributed by atoms with Crippen LogP contribution in [0.1, 0.15) is 79.9 Å². The average molecular weight is 613 g/mol. The van der Waals surface area contributed by atoms with Gasteiger partial charge in [0.1, 0.15) is 41.6 Å². The monoisotopic (exact) mass is 612 g/mol. The molecule has 0 aliphatic heterocycles. The minimum absolute atomic E-state index is 0.0758. The summed E-state index contributed by atoms with van der Waals surface area (Å²) in [5.41, 5.74) is -0.719. The van der Waals surface area contributed by atoms with Gasteiger partial charge in [-0.05, 0) is 73.4 Å². The predicted molar refractivity (Wildman–Crippen MR) is 132 cm³/mol. The lowest BCUT2D eigenvalue weighted by molar-refractivity contribution is -0.300. The molecule has 1 nitrogen and oxygen atoms in total. The predicted octanol–water partition coefficient (Wildman–Crippen LogP) is 10.2. The van der Waals surface area contributed by atoms with Crippen LogP contribution in [0.25, 0.3) is 0 Å². The molecule has 1 aromatic carbocycles. The van der Waals surface area contributed by atoms with Crippen LogP contribution < -0.4 is 0 Å². The molecular weight excluding hydrogens is 585 g/mol. The van der Waals surface area contributed by atoms with E-state index in [1.165, 1.54) is 6.08 Å². The van der Waals surface area contributed by atoms with E-state index >= 15 is 13.2 Å². The number of allylic oxidation sites excluding steroid dienone is 6. The van der Waals surface area contributed by atoms with Gasteiger partial charge in [-0.3, -0.25) is 0 Å². The Hall–Kier alpha value is -2.63. The molecule has 0 heterocycles. The van der Waals surface area contributed by atoms with Crippen LogP contribution >= 0.6 is 0 Å². The van der Waals surface area contributed by atoms with Gasteiger partial charge < -0.3 is 4.74 Å². The molecular formula is C30H27F11O. The Labute approximate surface area is 234 Å². The molecule has 12 heteroatoms. The van der Waals surface area contributed by atoms with Crippen molar-refractivity contribution in [3.8, 4) is 0 Å². The summed E-state index contributed by atoms with van der Waals surface area (Å²) in [5, 5.41) is 0. The molecule has 4 aliphatic carbocycles. The second kappa shape index (κ2) is 11.1. The van der Waals surface area contributed by atoms with Crippen molar-refractivity contribution in [3.05, 3.63) is 81.5 Å². The van der Waals surface area contributed by atoms with E-state index in [2.05, 4.69) is 4.74 Å². The minimum atomic E-state index is -5.36. The maximum absolute atomic E-state index is 15.6. The molecule has 0 aromatic heterocycles. The van der Waals surface area contributed by atoms with Crippen LogP contribution in [0, 0.1) is 11.7 Å². The van der Waals surface area contributed by atoms with E-state index in [9.17, 15) is 35.1 Å². The van der Waals surface area contributed by atoms with Crippen LogP contribution in [0.5, 0.6) is 0 Å². The number of rotatable bonds is 6. The first kappa shape index (κ1) is 30.8. The first-order chi connectivity index (χ1) is 19.6. The fourth-order valence-electron chi connectivity index (χ4n) is 6.19. The van der Waals surface area contributed by atoms with E-state index in [0.717, 1.165) is 11.6 Å². The summed E-state index contributed by atoms with van der Waals surface area (Å²) in [6.45, 7) is 1.72. The molecule has 6 atom stereocenters. The molecule has 0 bridgehead atoms. The van der Waals surface area contributed by atoms with Gasteiger partial charge >= 0.3 is 12.3 Å². The van der Waals surface area contributed by atoms with Gasteiger partial charge in [0.2, 0.25) is 0 Å². The Morgan fingerprint density at radius 2 is 1.60 bits per heavy atom. The summed E-state index contributed by atoms with van der Waals surface area (Å²) in [7, 11) is 0. The van der Waals surface area contributed by atoms with E-state index in [0.29, 0.717) is 36.5 Å². The van der Waals surface area contributed by atoms with Crippen molar-refractivity contribution in [2.75, 3.05) is 0 Å². The molecule has 6 unspecified atom stereocenters. The average Bonchev–Trinajstić information content (AvgIpc) is 3.66. The van der Waals surface area contributed by atoms with Crippen molar-refractivity contribution >= 4 is 0 Å².